The fourth-order valence-corrected chi connectivity index (χ4v) is 8.63. The molecule has 0 saturated carbocycles. The Morgan fingerprint density at radius 3 is 1.23 bits per heavy atom. The van der Waals surface area contributed by atoms with Crippen molar-refractivity contribution in [3.05, 3.63) is 188 Å². The van der Waals surface area contributed by atoms with Crippen LogP contribution in [0.1, 0.15) is 5.56 Å². The minimum absolute atomic E-state index is 0.656. The van der Waals surface area contributed by atoms with Gasteiger partial charge in [0.25, 0.3) is 0 Å². The maximum atomic E-state index is 9.80. The van der Waals surface area contributed by atoms with Crippen LogP contribution in [0.3, 0.4) is 0 Å². The van der Waals surface area contributed by atoms with Crippen molar-refractivity contribution in [2.45, 2.75) is 0 Å². The van der Waals surface area contributed by atoms with Gasteiger partial charge < -0.3 is 13.7 Å². The number of nitrogens with zero attached hydrogens (tertiary/aromatic N) is 4. The molecule has 0 amide bonds. The summed E-state index contributed by atoms with van der Waals surface area (Å²) >= 11 is 0. The number of nitriles is 1. The van der Waals surface area contributed by atoms with Crippen molar-refractivity contribution in [2.24, 2.45) is 0 Å². The molecule has 0 N–H and O–H groups in total. The summed E-state index contributed by atoms with van der Waals surface area (Å²) < 4.78 is 7.19. The lowest BCUT2D eigenvalue weighted by atomic mass is 10.0. The summed E-state index contributed by atoms with van der Waals surface area (Å²) in [4.78, 5) is 0. The highest BCUT2D eigenvalue weighted by molar-refractivity contribution is 6.12. The van der Waals surface area contributed by atoms with E-state index in [0.717, 1.165) is 50.0 Å². The summed E-state index contributed by atoms with van der Waals surface area (Å²) in [7, 11) is 0. The second-order valence-electron chi connectivity index (χ2n) is 13.7. The normalized spacial score (nSPS) is 11.8. The van der Waals surface area contributed by atoms with E-state index >= 15 is 0 Å². The van der Waals surface area contributed by atoms with Gasteiger partial charge in [0.15, 0.2) is 0 Å². The molecule has 11 aromatic rings. The summed E-state index contributed by atoms with van der Waals surface area (Å²) in [5, 5.41) is 16.9. The van der Waals surface area contributed by atoms with Crippen LogP contribution in [0, 0.1) is 11.3 Å². The van der Waals surface area contributed by atoms with E-state index in [1.807, 2.05) is 12.1 Å². The fourth-order valence-electron chi connectivity index (χ4n) is 8.63. The molecule has 8 aromatic carbocycles. The van der Waals surface area contributed by atoms with Gasteiger partial charge in [-0.3, -0.25) is 0 Å². The van der Waals surface area contributed by atoms with Crippen LogP contribution in [0.2, 0.25) is 0 Å². The van der Waals surface area contributed by atoms with E-state index in [4.69, 9.17) is 0 Å². The molecule has 0 unspecified atom stereocenters. The standard InChI is InChI=1S/C49H30N4/c50-31-32-25-26-49-42(27-32)41-18-6-12-24-48(41)53(49)43-19-7-1-13-36(43)33-28-34(51-44-20-8-2-14-37(44)38-15-3-9-21-45(38)51)30-35(29-33)52-46-22-10-4-16-39(46)40-17-5-11-23-47(40)52/h1-30H. The van der Waals surface area contributed by atoms with Gasteiger partial charge in [-0.2, -0.15) is 5.26 Å². The van der Waals surface area contributed by atoms with E-state index < -0.39 is 0 Å². The molecule has 0 fully saturated rings. The number of rotatable bonds is 4. The molecule has 0 spiro atoms. The Labute approximate surface area is 305 Å². The molecule has 0 bridgehead atoms. The number of fused-ring (bicyclic) bond motifs is 9. The highest BCUT2D eigenvalue weighted by atomic mass is 15.0. The van der Waals surface area contributed by atoms with Gasteiger partial charge in [0.2, 0.25) is 0 Å². The van der Waals surface area contributed by atoms with Crippen LogP contribution in [0.15, 0.2) is 182 Å². The van der Waals surface area contributed by atoms with Crippen molar-refractivity contribution in [3.8, 4) is 34.3 Å². The summed E-state index contributed by atoms with van der Waals surface area (Å²) in [6.07, 6.45) is 0. The topological polar surface area (TPSA) is 38.6 Å². The lowest BCUT2D eigenvalue weighted by Gasteiger charge is -2.18. The Hall–Kier alpha value is -7.35. The van der Waals surface area contributed by atoms with Gasteiger partial charge in [0, 0.05) is 49.3 Å². The van der Waals surface area contributed by atoms with E-state index in [1.54, 1.807) is 0 Å². The molecule has 0 aliphatic carbocycles. The Bertz CT molecular complexity index is 3070. The van der Waals surface area contributed by atoms with Crippen molar-refractivity contribution < 1.29 is 0 Å². The zero-order chi connectivity index (χ0) is 35.0. The summed E-state index contributed by atoms with van der Waals surface area (Å²) in [5.41, 5.74) is 13.0. The monoisotopic (exact) mass is 674 g/mol. The van der Waals surface area contributed by atoms with Crippen LogP contribution in [-0.2, 0) is 0 Å². The highest BCUT2D eigenvalue weighted by Crippen LogP contribution is 2.41. The van der Waals surface area contributed by atoms with Gasteiger partial charge in [-0.05, 0) is 78.4 Å². The molecule has 0 saturated heterocycles. The zero-order valence-corrected chi connectivity index (χ0v) is 28.6. The predicted octanol–water partition coefficient (Wildman–Crippen LogP) is 12.5. The summed E-state index contributed by atoms with van der Waals surface area (Å²) in [5.74, 6) is 0. The van der Waals surface area contributed by atoms with Gasteiger partial charge in [-0.1, -0.05) is 109 Å². The first-order valence-electron chi connectivity index (χ1n) is 17.9. The average molecular weight is 675 g/mol. The smallest absolute Gasteiger partial charge is 0.0991 e. The molecule has 3 aromatic heterocycles. The van der Waals surface area contributed by atoms with Crippen LogP contribution in [0.4, 0.5) is 0 Å². The number of benzene rings is 8. The molecule has 4 heteroatoms. The SMILES string of the molecule is N#Cc1ccc2c(c1)c1ccccc1n2-c1ccccc1-c1cc(-n2c3ccccc3c3ccccc32)cc(-n2c3ccccc3c3ccccc32)c1. The maximum Gasteiger partial charge on any atom is 0.0991 e. The van der Waals surface area contributed by atoms with Crippen LogP contribution in [0.25, 0.3) is 93.6 Å². The van der Waals surface area contributed by atoms with Gasteiger partial charge in [-0.15, -0.1) is 0 Å². The third kappa shape index (κ3) is 4.29. The fraction of sp³-hybridized carbons (Fsp3) is 0. The Morgan fingerprint density at radius 1 is 0.340 bits per heavy atom. The molecule has 246 valence electrons. The molecular weight excluding hydrogens is 645 g/mol. The lowest BCUT2D eigenvalue weighted by Crippen LogP contribution is -2.02. The van der Waals surface area contributed by atoms with Crippen LogP contribution in [-0.4, -0.2) is 13.7 Å². The van der Waals surface area contributed by atoms with E-state index in [9.17, 15) is 5.26 Å². The predicted molar refractivity (Wildman–Crippen MR) is 220 cm³/mol. The zero-order valence-electron chi connectivity index (χ0n) is 28.6. The Balaban J connectivity index is 1.26. The average Bonchev–Trinajstić information content (AvgIpc) is 3.86. The van der Waals surface area contributed by atoms with E-state index in [1.165, 1.54) is 43.6 Å². The van der Waals surface area contributed by atoms with E-state index in [0.29, 0.717) is 5.56 Å². The van der Waals surface area contributed by atoms with Crippen molar-refractivity contribution in [2.75, 3.05) is 0 Å². The van der Waals surface area contributed by atoms with E-state index in [-0.39, 0.29) is 0 Å². The van der Waals surface area contributed by atoms with Crippen LogP contribution >= 0.6 is 0 Å². The second-order valence-corrected chi connectivity index (χ2v) is 13.7. The number of para-hydroxylation sites is 6. The highest BCUT2D eigenvalue weighted by Gasteiger charge is 2.20. The largest absolute Gasteiger partial charge is 0.309 e. The van der Waals surface area contributed by atoms with Gasteiger partial charge in [0.1, 0.15) is 0 Å². The minimum Gasteiger partial charge on any atom is -0.309 e. The second kappa shape index (κ2) is 11.3. The number of hydrogen-bond donors (Lipinski definition) is 0. The van der Waals surface area contributed by atoms with Gasteiger partial charge in [-0.25, -0.2) is 0 Å². The minimum atomic E-state index is 0.656. The molecule has 0 aliphatic heterocycles. The van der Waals surface area contributed by atoms with Crippen LogP contribution < -0.4 is 0 Å². The van der Waals surface area contributed by atoms with Gasteiger partial charge >= 0.3 is 0 Å². The number of hydrogen-bond acceptors (Lipinski definition) is 1. The third-order valence-corrected chi connectivity index (χ3v) is 10.8. The molecule has 3 heterocycles. The van der Waals surface area contributed by atoms with Gasteiger partial charge in [0.05, 0.1) is 50.4 Å². The van der Waals surface area contributed by atoms with Crippen molar-refractivity contribution in [1.29, 1.82) is 5.26 Å². The Morgan fingerprint density at radius 2 is 0.736 bits per heavy atom. The quantitative estimate of drug-likeness (QED) is 0.183. The molecule has 4 nitrogen and oxygen atoms in total. The molecule has 11 rings (SSSR count). The molecule has 0 atom stereocenters. The molecular formula is C49H30N4. The van der Waals surface area contributed by atoms with Crippen molar-refractivity contribution in [1.82, 2.24) is 13.7 Å². The third-order valence-electron chi connectivity index (χ3n) is 10.8. The maximum absolute atomic E-state index is 9.80. The van der Waals surface area contributed by atoms with Crippen LogP contribution in [0.5, 0.6) is 0 Å². The summed E-state index contributed by atoms with van der Waals surface area (Å²) in [6, 6.07) is 67.4. The van der Waals surface area contributed by atoms with E-state index in [2.05, 4.69) is 190 Å². The Kier molecular flexibility index (Phi) is 6.28. The molecule has 0 aliphatic rings. The lowest BCUT2D eigenvalue weighted by molar-refractivity contribution is 1.13. The molecule has 0 radical (unpaired) electrons. The summed E-state index contributed by atoms with van der Waals surface area (Å²) in [6.45, 7) is 0. The first-order chi connectivity index (χ1) is 26.3. The molecule has 53 heavy (non-hydrogen) atoms. The first-order valence-corrected chi connectivity index (χ1v) is 17.9. The van der Waals surface area contributed by atoms with Crippen molar-refractivity contribution in [3.63, 3.8) is 0 Å². The first kappa shape index (κ1) is 29.4. The van der Waals surface area contributed by atoms with Crippen molar-refractivity contribution >= 4 is 65.4 Å². The number of aromatic nitrogens is 3.